The van der Waals surface area contributed by atoms with Crippen molar-refractivity contribution in [3.05, 3.63) is 97.1 Å². The largest absolute Gasteiger partial charge is 2.00 e. The zero-order chi connectivity index (χ0) is 20.1. The summed E-state index contributed by atoms with van der Waals surface area (Å²) in [7, 11) is 0. The van der Waals surface area contributed by atoms with E-state index in [2.05, 4.69) is 65.6 Å². The van der Waals surface area contributed by atoms with Crippen molar-refractivity contribution in [2.24, 2.45) is 0 Å². The second-order valence-electron chi connectivity index (χ2n) is 7.46. The van der Waals surface area contributed by atoms with E-state index in [9.17, 15) is 5.11 Å². The minimum atomic E-state index is 0. The van der Waals surface area contributed by atoms with Gasteiger partial charge >= 0.3 is 10.1 Å². The Bertz CT molecular complexity index is 1570. The first-order valence-electron chi connectivity index (χ1n) is 9.91. The minimum Gasteiger partial charge on any atom is -0.872 e. The Kier molecular flexibility index (Phi) is 4.78. The first kappa shape index (κ1) is 19.4. The molecule has 0 atom stereocenters. The second-order valence-corrected chi connectivity index (χ2v) is 8.48. The normalized spacial score (nSPS) is 11.1. The number of thiazole rings is 1. The van der Waals surface area contributed by atoms with Gasteiger partial charge in [-0.05, 0) is 39.4 Å². The van der Waals surface area contributed by atoms with Crippen molar-refractivity contribution in [2.45, 2.75) is 0 Å². The van der Waals surface area contributed by atoms with Crippen molar-refractivity contribution in [3.63, 3.8) is 0 Å². The van der Waals surface area contributed by atoms with Crippen LogP contribution in [0.15, 0.2) is 97.1 Å². The molecule has 0 spiro atoms. The van der Waals surface area contributed by atoms with Crippen LogP contribution in [-0.2, 0) is 0 Å². The van der Waals surface area contributed by atoms with E-state index in [0.29, 0.717) is 5.56 Å². The van der Waals surface area contributed by atoms with Gasteiger partial charge in [-0.15, -0.1) is 0 Å². The molecule has 0 saturated heterocycles. The van der Waals surface area contributed by atoms with Crippen molar-refractivity contribution in [3.8, 4) is 27.4 Å². The number of rotatable bonds is 2. The third-order valence-corrected chi connectivity index (χ3v) is 6.83. The van der Waals surface area contributed by atoms with Gasteiger partial charge in [-0.2, -0.15) is 4.98 Å². The van der Waals surface area contributed by atoms with Gasteiger partial charge in [-0.1, -0.05) is 95.9 Å². The van der Waals surface area contributed by atoms with Gasteiger partial charge in [0.05, 0.1) is 0 Å². The van der Waals surface area contributed by atoms with E-state index in [1.165, 1.54) is 20.9 Å². The van der Waals surface area contributed by atoms with E-state index in [1.807, 2.05) is 30.3 Å². The molecule has 4 heteroatoms. The molecule has 1 aromatic heterocycles. The third kappa shape index (κ3) is 3.19. The van der Waals surface area contributed by atoms with E-state index >= 15 is 0 Å². The van der Waals surface area contributed by atoms with Crippen molar-refractivity contribution in [1.82, 2.24) is 0 Å². The summed E-state index contributed by atoms with van der Waals surface area (Å²) in [5.41, 5.74) is 3.81. The van der Waals surface area contributed by atoms with Crippen LogP contribution in [0.1, 0.15) is 0 Å². The van der Waals surface area contributed by atoms with Crippen LogP contribution in [0.4, 0.5) is 0 Å². The first-order valence-corrected chi connectivity index (χ1v) is 10.7. The number of aromatic nitrogens is 1. The molecule has 5 aromatic carbocycles. The van der Waals surface area contributed by atoms with Crippen LogP contribution >= 0.6 is 11.3 Å². The summed E-state index contributed by atoms with van der Waals surface area (Å²) in [6.07, 6.45) is 0. The van der Waals surface area contributed by atoms with Crippen LogP contribution in [-0.4, -0.2) is 10.1 Å². The van der Waals surface area contributed by atoms with Gasteiger partial charge in [0.15, 0.2) is 0 Å². The maximum absolute atomic E-state index is 13.1. The van der Waals surface area contributed by atoms with Gasteiger partial charge in [-0.25, -0.2) is 0 Å². The topological polar surface area (TPSA) is 37.2 Å². The molecule has 1 heterocycles. The van der Waals surface area contributed by atoms with Crippen LogP contribution in [0.25, 0.3) is 53.5 Å². The van der Waals surface area contributed by atoms with Crippen molar-refractivity contribution >= 4 is 53.2 Å². The summed E-state index contributed by atoms with van der Waals surface area (Å²) >= 11 is 1.64. The summed E-state index contributed by atoms with van der Waals surface area (Å²) in [6, 6.07) is 32.8. The summed E-state index contributed by atoms with van der Waals surface area (Å²) in [5.74, 6) is 0.0348. The Morgan fingerprint density at radius 1 is 0.645 bits per heavy atom. The molecule has 0 aliphatic heterocycles. The monoisotopic (exact) mass is 412 g/mol. The van der Waals surface area contributed by atoms with E-state index in [-0.39, 0.29) is 15.9 Å². The molecule has 0 aliphatic rings. The van der Waals surface area contributed by atoms with Gasteiger partial charge in [0, 0.05) is 17.0 Å². The predicted octanol–water partition coefficient (Wildman–Crippen LogP) is 6.05. The number of nitrogens with one attached hydrogen (secondary N) is 1. The molecule has 6 aromatic rings. The molecule has 142 valence electrons. The van der Waals surface area contributed by atoms with E-state index in [4.69, 9.17) is 0 Å². The zero-order valence-electron chi connectivity index (χ0n) is 16.8. The number of hydrogen-bond acceptors (Lipinski definition) is 2. The molecule has 0 amide bonds. The summed E-state index contributed by atoms with van der Waals surface area (Å²) in [4.78, 5) is 3.45. The molecule has 0 bridgehead atoms. The van der Waals surface area contributed by atoms with Gasteiger partial charge < -0.3 is 5.11 Å². The minimum absolute atomic E-state index is 0. The molecule has 0 unspecified atom stereocenters. The maximum Gasteiger partial charge on any atom is 2.00 e. The van der Waals surface area contributed by atoms with E-state index < -0.39 is 0 Å². The Labute approximate surface area is 187 Å². The van der Waals surface area contributed by atoms with Crippen LogP contribution < -0.4 is 10.1 Å². The quantitative estimate of drug-likeness (QED) is 0.319. The number of aromatic amines is 1. The fourth-order valence-corrected chi connectivity index (χ4v) is 5.35. The second kappa shape index (κ2) is 7.63. The first-order chi connectivity index (χ1) is 14.8. The Hall–Kier alpha value is -3.52. The van der Waals surface area contributed by atoms with E-state index in [1.54, 1.807) is 17.4 Å². The molecule has 0 saturated carbocycles. The number of fused-ring (bicyclic) bond motifs is 4. The molecule has 1 N–H and O–H groups in total. The fraction of sp³-hybridized carbons (Fsp3) is 0. The summed E-state index contributed by atoms with van der Waals surface area (Å²) in [5, 5.41) is 18.7. The average molecular weight is 413 g/mol. The molecule has 31 heavy (non-hydrogen) atoms. The van der Waals surface area contributed by atoms with Gasteiger partial charge in [0.1, 0.15) is 4.70 Å². The standard InChI is InChI=1S/C27H17NOS.Be/c29-25-16-19(21-11-5-8-17-6-1-3-9-20(17)21)12-14-23(25)27-28-24-15-13-18-7-2-4-10-22(18)26(24)30-27;/h1-16,29H;/q;+2. The van der Waals surface area contributed by atoms with Crippen molar-refractivity contribution < 1.29 is 10.1 Å². The average Bonchev–Trinajstić information content (AvgIpc) is 3.23. The van der Waals surface area contributed by atoms with Gasteiger partial charge in [0.25, 0.3) is 5.01 Å². The van der Waals surface area contributed by atoms with Gasteiger partial charge in [0.2, 0.25) is 5.52 Å². The molecule has 6 rings (SSSR count). The van der Waals surface area contributed by atoms with Crippen LogP contribution in [0, 0.1) is 0 Å². The van der Waals surface area contributed by atoms with Crippen molar-refractivity contribution in [1.29, 1.82) is 0 Å². The smallest absolute Gasteiger partial charge is 0.872 e. The Morgan fingerprint density at radius 2 is 1.35 bits per heavy atom. The fourth-order valence-electron chi connectivity index (χ4n) is 4.18. The predicted molar refractivity (Wildman–Crippen MR) is 129 cm³/mol. The van der Waals surface area contributed by atoms with Crippen molar-refractivity contribution in [2.75, 3.05) is 0 Å². The number of benzene rings is 5. The molecule has 0 aliphatic carbocycles. The van der Waals surface area contributed by atoms with Crippen LogP contribution in [0.3, 0.4) is 0 Å². The molecule has 0 fully saturated rings. The number of hydrogen-bond donors (Lipinski definition) is 0. The molecule has 2 nitrogen and oxygen atoms in total. The Balaban J connectivity index is 0.00000204. The van der Waals surface area contributed by atoms with Crippen LogP contribution in [0.2, 0.25) is 0 Å². The number of H-pyrrole nitrogens is 1. The van der Waals surface area contributed by atoms with E-state index in [0.717, 1.165) is 27.0 Å². The van der Waals surface area contributed by atoms with Crippen LogP contribution in [0.5, 0.6) is 5.75 Å². The Morgan fingerprint density at radius 3 is 2.16 bits per heavy atom. The SMILES string of the molecule is [Be+2].[O-]c1cc(-c2cccc3ccccc23)ccc1-c1[nH+]c2ccc3ccccc3c2s1. The van der Waals surface area contributed by atoms with Gasteiger partial charge in [-0.3, -0.25) is 0 Å². The molecular formula is C27H17BeNOS+2. The summed E-state index contributed by atoms with van der Waals surface area (Å²) in [6.45, 7) is 0. The molecular weight excluding hydrogens is 395 g/mol. The third-order valence-electron chi connectivity index (χ3n) is 5.66. The zero-order valence-corrected chi connectivity index (χ0v) is 17.6. The maximum atomic E-state index is 13.1. The molecule has 0 radical (unpaired) electrons. The summed E-state index contributed by atoms with van der Waals surface area (Å²) < 4.78 is 1.18.